The predicted octanol–water partition coefficient (Wildman–Crippen LogP) is 4.31. The summed E-state index contributed by atoms with van der Waals surface area (Å²) in [7, 11) is 0. The standard InChI is InChI=1S/C17H13N3O2S3/c21-15(20-17-19-11(9-24-17)12-6-3-7-23-12)8-14-16(22)18-10-4-1-2-5-13(10)25-14/h1-7,9,14H,8H2,(H,18,22)(H,19,20,21). The van der Waals surface area contributed by atoms with E-state index in [0.717, 1.165) is 21.2 Å². The lowest BCUT2D eigenvalue weighted by molar-refractivity contribution is -0.120. The van der Waals surface area contributed by atoms with Gasteiger partial charge in [-0.05, 0) is 23.6 Å². The van der Waals surface area contributed by atoms with Crippen LogP contribution in [0.4, 0.5) is 10.8 Å². The fraction of sp³-hybridized carbons (Fsp3) is 0.118. The minimum absolute atomic E-state index is 0.110. The third-order valence-corrected chi connectivity index (χ3v) is 6.53. The Morgan fingerprint density at radius 1 is 1.20 bits per heavy atom. The van der Waals surface area contributed by atoms with E-state index >= 15 is 0 Å². The molecular weight excluding hydrogens is 374 g/mol. The quantitative estimate of drug-likeness (QED) is 0.700. The van der Waals surface area contributed by atoms with Crippen LogP contribution in [0.2, 0.25) is 0 Å². The average molecular weight is 388 g/mol. The highest BCUT2D eigenvalue weighted by Crippen LogP contribution is 2.36. The zero-order valence-electron chi connectivity index (χ0n) is 12.9. The van der Waals surface area contributed by atoms with Gasteiger partial charge in [0.2, 0.25) is 11.8 Å². The molecule has 2 amide bonds. The Balaban J connectivity index is 1.40. The number of carbonyl (C=O) groups is 2. The number of anilines is 2. The first-order chi connectivity index (χ1) is 12.2. The summed E-state index contributed by atoms with van der Waals surface area (Å²) in [6.07, 6.45) is 0.110. The van der Waals surface area contributed by atoms with Crippen LogP contribution in [0, 0.1) is 0 Å². The smallest absolute Gasteiger partial charge is 0.238 e. The second-order valence-corrected chi connectivity index (χ2v) is 8.41. The highest BCUT2D eigenvalue weighted by Gasteiger charge is 2.29. The maximum Gasteiger partial charge on any atom is 0.238 e. The molecule has 2 N–H and O–H groups in total. The minimum atomic E-state index is -0.438. The summed E-state index contributed by atoms with van der Waals surface area (Å²) in [6, 6.07) is 11.6. The second kappa shape index (κ2) is 6.99. The van der Waals surface area contributed by atoms with Crippen molar-refractivity contribution >= 4 is 57.1 Å². The van der Waals surface area contributed by atoms with Gasteiger partial charge in [-0.15, -0.1) is 34.4 Å². The fourth-order valence-electron chi connectivity index (χ4n) is 2.43. The largest absolute Gasteiger partial charge is 0.324 e. The van der Waals surface area contributed by atoms with Crippen molar-refractivity contribution in [2.45, 2.75) is 16.6 Å². The fourth-order valence-corrected chi connectivity index (χ4v) is 5.03. The zero-order valence-corrected chi connectivity index (χ0v) is 15.3. The third kappa shape index (κ3) is 3.60. The van der Waals surface area contributed by atoms with E-state index in [2.05, 4.69) is 15.6 Å². The van der Waals surface area contributed by atoms with Gasteiger partial charge in [0.25, 0.3) is 0 Å². The highest BCUT2D eigenvalue weighted by atomic mass is 32.2. The van der Waals surface area contributed by atoms with Gasteiger partial charge in [0.1, 0.15) is 0 Å². The Morgan fingerprint density at radius 2 is 2.08 bits per heavy atom. The maximum atomic E-state index is 12.3. The van der Waals surface area contributed by atoms with Crippen LogP contribution in [-0.2, 0) is 9.59 Å². The molecule has 1 atom stereocenters. The number of benzene rings is 1. The summed E-state index contributed by atoms with van der Waals surface area (Å²) in [4.78, 5) is 31.0. The molecule has 1 aromatic carbocycles. The molecule has 0 spiro atoms. The SMILES string of the molecule is O=C(CC1Sc2ccccc2NC1=O)Nc1nc(-c2cccs2)cs1. The van der Waals surface area contributed by atoms with Crippen molar-refractivity contribution in [1.82, 2.24) is 4.98 Å². The number of thioether (sulfide) groups is 1. The number of nitrogens with zero attached hydrogens (tertiary/aromatic N) is 1. The Hall–Kier alpha value is -2.16. The molecule has 5 nitrogen and oxygen atoms in total. The van der Waals surface area contributed by atoms with Crippen LogP contribution in [0.5, 0.6) is 0 Å². The lowest BCUT2D eigenvalue weighted by atomic mass is 10.2. The van der Waals surface area contributed by atoms with Crippen molar-refractivity contribution < 1.29 is 9.59 Å². The molecule has 25 heavy (non-hydrogen) atoms. The Kier molecular flexibility index (Phi) is 4.56. The lowest BCUT2D eigenvalue weighted by Crippen LogP contribution is -2.32. The third-order valence-electron chi connectivity index (χ3n) is 3.60. The first-order valence-corrected chi connectivity index (χ1v) is 10.2. The number of hydrogen-bond donors (Lipinski definition) is 2. The van der Waals surface area contributed by atoms with Crippen molar-refractivity contribution in [3.63, 3.8) is 0 Å². The number of carbonyl (C=O) groups excluding carboxylic acids is 2. The molecule has 0 bridgehead atoms. The zero-order chi connectivity index (χ0) is 17.2. The molecule has 0 saturated heterocycles. The van der Waals surface area contributed by atoms with E-state index < -0.39 is 5.25 Å². The molecular formula is C17H13N3O2S3. The van der Waals surface area contributed by atoms with Gasteiger partial charge >= 0.3 is 0 Å². The van der Waals surface area contributed by atoms with E-state index in [-0.39, 0.29) is 18.2 Å². The summed E-state index contributed by atoms with van der Waals surface area (Å²) < 4.78 is 0. The van der Waals surface area contributed by atoms with E-state index in [1.165, 1.54) is 23.1 Å². The number of fused-ring (bicyclic) bond motifs is 1. The van der Waals surface area contributed by atoms with Crippen molar-refractivity contribution in [2.75, 3.05) is 10.6 Å². The second-order valence-electron chi connectivity index (χ2n) is 5.36. The van der Waals surface area contributed by atoms with Gasteiger partial charge in [0, 0.05) is 16.7 Å². The summed E-state index contributed by atoms with van der Waals surface area (Å²) in [5.74, 6) is -0.351. The number of hydrogen-bond acceptors (Lipinski definition) is 6. The monoisotopic (exact) mass is 387 g/mol. The van der Waals surface area contributed by atoms with Crippen LogP contribution in [-0.4, -0.2) is 22.0 Å². The van der Waals surface area contributed by atoms with Crippen LogP contribution in [0.3, 0.4) is 0 Å². The van der Waals surface area contributed by atoms with Crippen LogP contribution in [0.25, 0.3) is 10.6 Å². The number of amides is 2. The van der Waals surface area contributed by atoms with Crippen molar-refractivity contribution in [3.05, 3.63) is 47.2 Å². The van der Waals surface area contributed by atoms with Crippen LogP contribution in [0.15, 0.2) is 52.1 Å². The summed E-state index contributed by atoms with van der Waals surface area (Å²) in [5, 5.41) is 9.67. The van der Waals surface area contributed by atoms with E-state index in [1.54, 1.807) is 11.3 Å². The van der Waals surface area contributed by atoms with E-state index in [9.17, 15) is 9.59 Å². The number of thiazole rings is 1. The molecule has 8 heteroatoms. The number of nitrogens with one attached hydrogen (secondary N) is 2. The molecule has 126 valence electrons. The van der Waals surface area contributed by atoms with Gasteiger partial charge < -0.3 is 10.6 Å². The molecule has 4 rings (SSSR count). The number of thiophene rings is 1. The minimum Gasteiger partial charge on any atom is -0.324 e. The first-order valence-electron chi connectivity index (χ1n) is 7.55. The van der Waals surface area contributed by atoms with Gasteiger partial charge in [-0.3, -0.25) is 9.59 Å². The van der Waals surface area contributed by atoms with Gasteiger partial charge in [0.15, 0.2) is 5.13 Å². The molecule has 0 fully saturated rings. The van der Waals surface area contributed by atoms with Crippen LogP contribution >= 0.6 is 34.4 Å². The molecule has 2 aromatic heterocycles. The Labute approximate surface area is 156 Å². The highest BCUT2D eigenvalue weighted by molar-refractivity contribution is 8.01. The predicted molar refractivity (Wildman–Crippen MR) is 103 cm³/mol. The molecule has 1 aliphatic heterocycles. The van der Waals surface area contributed by atoms with Gasteiger partial charge in [-0.25, -0.2) is 4.98 Å². The normalized spacial score (nSPS) is 16.2. The number of para-hydroxylation sites is 1. The molecule has 0 radical (unpaired) electrons. The van der Waals surface area contributed by atoms with Crippen molar-refractivity contribution in [2.24, 2.45) is 0 Å². The molecule has 1 aliphatic rings. The topological polar surface area (TPSA) is 71.1 Å². The van der Waals surface area contributed by atoms with Crippen molar-refractivity contribution in [1.29, 1.82) is 0 Å². The first kappa shape index (κ1) is 16.3. The van der Waals surface area contributed by atoms with Crippen molar-refractivity contribution in [3.8, 4) is 10.6 Å². The summed E-state index contributed by atoms with van der Waals surface area (Å²) in [5.41, 5.74) is 1.66. The molecule has 3 aromatic rings. The van der Waals surface area contributed by atoms with Gasteiger partial charge in [0.05, 0.1) is 21.5 Å². The Morgan fingerprint density at radius 3 is 2.92 bits per heavy atom. The lowest BCUT2D eigenvalue weighted by Gasteiger charge is -2.23. The van der Waals surface area contributed by atoms with E-state index in [0.29, 0.717) is 5.13 Å². The summed E-state index contributed by atoms with van der Waals surface area (Å²) in [6.45, 7) is 0. The average Bonchev–Trinajstić information content (AvgIpc) is 3.26. The van der Waals surface area contributed by atoms with E-state index in [4.69, 9.17) is 0 Å². The number of rotatable bonds is 4. The van der Waals surface area contributed by atoms with Gasteiger partial charge in [-0.1, -0.05) is 18.2 Å². The molecule has 3 heterocycles. The van der Waals surface area contributed by atoms with Crippen LogP contribution in [0.1, 0.15) is 6.42 Å². The molecule has 0 saturated carbocycles. The molecule has 1 unspecified atom stereocenters. The van der Waals surface area contributed by atoms with Crippen LogP contribution < -0.4 is 10.6 Å². The van der Waals surface area contributed by atoms with E-state index in [1.807, 2.05) is 47.2 Å². The number of aromatic nitrogens is 1. The maximum absolute atomic E-state index is 12.3. The summed E-state index contributed by atoms with van der Waals surface area (Å²) >= 11 is 4.41. The molecule has 0 aliphatic carbocycles. The Bertz CT molecular complexity index is 921. The van der Waals surface area contributed by atoms with Gasteiger partial charge in [-0.2, -0.15) is 0 Å².